The smallest absolute Gasteiger partial charge is 0.294 e. The molecule has 2 heterocycles. The molecule has 0 radical (unpaired) electrons. The van der Waals surface area contributed by atoms with Crippen molar-refractivity contribution < 1.29 is 23.8 Å². The topological polar surface area (TPSA) is 80.0 Å². The minimum absolute atomic E-state index is 0.0310. The molecular weight excluding hydrogens is 510 g/mol. The number of Topliss-reactive ketones (excluding diaryl/α,β-unsaturated/α-hetero) is 1. The van der Waals surface area contributed by atoms with Crippen LogP contribution in [0.2, 0.25) is 0 Å². The summed E-state index contributed by atoms with van der Waals surface area (Å²) in [7, 11) is 1.57. The van der Waals surface area contributed by atoms with E-state index in [0.717, 1.165) is 21.0 Å². The van der Waals surface area contributed by atoms with E-state index in [2.05, 4.69) is 15.9 Å². The molecule has 0 fully saturated rings. The number of aliphatic hydroxyl groups is 1. The Morgan fingerprint density at radius 1 is 1.00 bits per heavy atom. The highest BCUT2D eigenvalue weighted by molar-refractivity contribution is 9.10. The van der Waals surface area contributed by atoms with Gasteiger partial charge < -0.3 is 14.3 Å². The standard InChI is InChI=1S/C28H22BrNO5/c1-15-4-8-20(12-16(15)2)30-25(17-5-9-21(34-3)10-6-17)24(27(32)28(30)33)26(31)23-14-18-13-19(29)7-11-22(18)35-23/h4-14,25,32H,1-3H3. The van der Waals surface area contributed by atoms with Gasteiger partial charge in [0.15, 0.2) is 11.5 Å². The number of rotatable bonds is 5. The molecule has 35 heavy (non-hydrogen) atoms. The zero-order valence-corrected chi connectivity index (χ0v) is 20.9. The van der Waals surface area contributed by atoms with E-state index in [4.69, 9.17) is 9.15 Å². The molecule has 3 aromatic carbocycles. The van der Waals surface area contributed by atoms with Crippen molar-refractivity contribution in [1.82, 2.24) is 0 Å². The Hall–Kier alpha value is -3.84. The number of carbonyl (C=O) groups is 2. The van der Waals surface area contributed by atoms with Crippen LogP contribution >= 0.6 is 15.9 Å². The second kappa shape index (κ2) is 8.74. The Balaban J connectivity index is 1.66. The number of amides is 1. The molecule has 0 saturated carbocycles. The van der Waals surface area contributed by atoms with Gasteiger partial charge in [0.25, 0.3) is 5.91 Å². The number of carbonyl (C=O) groups excluding carboxylic acids is 2. The van der Waals surface area contributed by atoms with E-state index in [1.807, 2.05) is 44.2 Å². The number of nitrogens with zero attached hydrogens (tertiary/aromatic N) is 1. The number of ether oxygens (including phenoxy) is 1. The van der Waals surface area contributed by atoms with Gasteiger partial charge in [-0.05, 0) is 79.1 Å². The van der Waals surface area contributed by atoms with Crippen LogP contribution in [0.4, 0.5) is 5.69 Å². The minimum Gasteiger partial charge on any atom is -0.503 e. The maximum Gasteiger partial charge on any atom is 0.294 e. The van der Waals surface area contributed by atoms with E-state index in [1.165, 1.54) is 4.90 Å². The normalized spacial score (nSPS) is 15.8. The third kappa shape index (κ3) is 3.91. The first-order valence-corrected chi connectivity index (χ1v) is 11.8. The highest BCUT2D eigenvalue weighted by Crippen LogP contribution is 2.43. The van der Waals surface area contributed by atoms with Crippen molar-refractivity contribution in [3.05, 3.63) is 105 Å². The van der Waals surface area contributed by atoms with Gasteiger partial charge in [-0.2, -0.15) is 0 Å². The second-order valence-electron chi connectivity index (χ2n) is 8.50. The second-order valence-corrected chi connectivity index (χ2v) is 9.42. The highest BCUT2D eigenvalue weighted by Gasteiger charge is 2.45. The lowest BCUT2D eigenvalue weighted by Crippen LogP contribution is -2.31. The fourth-order valence-electron chi connectivity index (χ4n) is 4.34. The summed E-state index contributed by atoms with van der Waals surface area (Å²) in [6, 6.07) is 18.9. The van der Waals surface area contributed by atoms with Crippen molar-refractivity contribution in [2.45, 2.75) is 19.9 Å². The minimum atomic E-state index is -0.844. The van der Waals surface area contributed by atoms with Gasteiger partial charge in [0.1, 0.15) is 11.3 Å². The number of ketones is 1. The zero-order chi connectivity index (χ0) is 24.9. The summed E-state index contributed by atoms with van der Waals surface area (Å²) in [5.41, 5.74) is 3.81. The number of halogens is 1. The van der Waals surface area contributed by atoms with E-state index in [9.17, 15) is 14.7 Å². The van der Waals surface area contributed by atoms with E-state index >= 15 is 0 Å². The summed E-state index contributed by atoms with van der Waals surface area (Å²) in [6.07, 6.45) is 0. The van der Waals surface area contributed by atoms with Gasteiger partial charge >= 0.3 is 0 Å². The molecule has 0 spiro atoms. The number of methoxy groups -OCH3 is 1. The fourth-order valence-corrected chi connectivity index (χ4v) is 4.72. The van der Waals surface area contributed by atoms with Crippen molar-refractivity contribution in [3.8, 4) is 5.75 Å². The molecule has 4 aromatic rings. The van der Waals surface area contributed by atoms with E-state index in [1.54, 1.807) is 43.5 Å². The summed E-state index contributed by atoms with van der Waals surface area (Å²) in [5.74, 6) is -1.09. The Labute approximate surface area is 210 Å². The van der Waals surface area contributed by atoms with Crippen LogP contribution < -0.4 is 9.64 Å². The molecule has 0 saturated heterocycles. The van der Waals surface area contributed by atoms with Crippen molar-refractivity contribution in [2.24, 2.45) is 0 Å². The number of fused-ring (bicyclic) bond motifs is 1. The monoisotopic (exact) mass is 531 g/mol. The summed E-state index contributed by atoms with van der Waals surface area (Å²) >= 11 is 3.42. The number of hydrogen-bond donors (Lipinski definition) is 1. The largest absolute Gasteiger partial charge is 0.503 e. The Morgan fingerprint density at radius 3 is 2.43 bits per heavy atom. The number of aliphatic hydroxyl groups excluding tert-OH is 1. The molecule has 1 aliphatic heterocycles. The molecule has 1 unspecified atom stereocenters. The van der Waals surface area contributed by atoms with Gasteiger partial charge in [0.05, 0.1) is 18.7 Å². The molecule has 6 nitrogen and oxygen atoms in total. The van der Waals surface area contributed by atoms with Gasteiger partial charge in [-0.15, -0.1) is 0 Å². The molecule has 1 aliphatic rings. The van der Waals surface area contributed by atoms with E-state index in [-0.39, 0.29) is 11.3 Å². The van der Waals surface area contributed by atoms with E-state index < -0.39 is 23.5 Å². The molecular formula is C28H22BrNO5. The van der Waals surface area contributed by atoms with Crippen molar-refractivity contribution in [2.75, 3.05) is 12.0 Å². The highest BCUT2D eigenvalue weighted by atomic mass is 79.9. The van der Waals surface area contributed by atoms with Gasteiger partial charge in [-0.1, -0.05) is 34.1 Å². The molecule has 1 amide bonds. The van der Waals surface area contributed by atoms with Gasteiger partial charge in [-0.3, -0.25) is 14.5 Å². The predicted octanol–water partition coefficient (Wildman–Crippen LogP) is 6.60. The maximum atomic E-state index is 13.7. The first kappa shape index (κ1) is 22.9. The van der Waals surface area contributed by atoms with Crippen LogP contribution in [0.5, 0.6) is 5.75 Å². The lowest BCUT2D eigenvalue weighted by atomic mass is 9.94. The van der Waals surface area contributed by atoms with Crippen molar-refractivity contribution >= 4 is 44.3 Å². The number of anilines is 1. The first-order valence-electron chi connectivity index (χ1n) is 11.0. The molecule has 1 aromatic heterocycles. The van der Waals surface area contributed by atoms with Crippen LogP contribution in [-0.4, -0.2) is 23.9 Å². The SMILES string of the molecule is COc1ccc(C2C(C(=O)c3cc4cc(Br)ccc4o3)=C(O)C(=O)N2c2ccc(C)c(C)c2)cc1. The summed E-state index contributed by atoms with van der Waals surface area (Å²) < 4.78 is 11.9. The number of hydrogen-bond acceptors (Lipinski definition) is 5. The van der Waals surface area contributed by atoms with Gasteiger partial charge in [-0.25, -0.2) is 0 Å². The number of furan rings is 1. The van der Waals surface area contributed by atoms with Crippen molar-refractivity contribution in [3.63, 3.8) is 0 Å². The van der Waals surface area contributed by atoms with Crippen LogP contribution in [0.15, 0.2) is 87.0 Å². The zero-order valence-electron chi connectivity index (χ0n) is 19.3. The lowest BCUT2D eigenvalue weighted by Gasteiger charge is -2.27. The number of aryl methyl sites for hydroxylation is 2. The maximum absolute atomic E-state index is 13.7. The van der Waals surface area contributed by atoms with Crippen LogP contribution in [0.25, 0.3) is 11.0 Å². The lowest BCUT2D eigenvalue weighted by molar-refractivity contribution is -0.117. The van der Waals surface area contributed by atoms with Crippen LogP contribution in [0, 0.1) is 13.8 Å². The Kier molecular flexibility index (Phi) is 5.73. The molecule has 0 bridgehead atoms. The summed E-state index contributed by atoms with van der Waals surface area (Å²) in [6.45, 7) is 3.93. The van der Waals surface area contributed by atoms with Crippen LogP contribution in [0.1, 0.15) is 33.3 Å². The third-order valence-corrected chi connectivity index (χ3v) is 6.85. The summed E-state index contributed by atoms with van der Waals surface area (Å²) in [4.78, 5) is 28.6. The first-order chi connectivity index (χ1) is 16.8. The van der Waals surface area contributed by atoms with E-state index in [0.29, 0.717) is 22.6 Å². The van der Waals surface area contributed by atoms with Crippen molar-refractivity contribution in [1.29, 1.82) is 0 Å². The average molecular weight is 532 g/mol. The third-order valence-electron chi connectivity index (χ3n) is 6.36. The van der Waals surface area contributed by atoms with Gasteiger partial charge in [0.2, 0.25) is 5.78 Å². The molecule has 1 N–H and O–H groups in total. The molecule has 7 heteroatoms. The van der Waals surface area contributed by atoms with Gasteiger partial charge in [0, 0.05) is 15.5 Å². The predicted molar refractivity (Wildman–Crippen MR) is 137 cm³/mol. The van der Waals surface area contributed by atoms with Crippen LogP contribution in [0.3, 0.4) is 0 Å². The van der Waals surface area contributed by atoms with Crippen LogP contribution in [-0.2, 0) is 4.79 Å². The molecule has 1 atom stereocenters. The molecule has 5 rings (SSSR count). The Morgan fingerprint density at radius 2 is 1.74 bits per heavy atom. The Bertz CT molecular complexity index is 1520. The summed E-state index contributed by atoms with van der Waals surface area (Å²) in [5, 5.41) is 11.7. The quantitative estimate of drug-likeness (QED) is 0.293. The fraction of sp³-hybridized carbons (Fsp3) is 0.143. The average Bonchev–Trinajstić information content (AvgIpc) is 3.39. The number of benzene rings is 3. The molecule has 0 aliphatic carbocycles. The molecule has 176 valence electrons.